The third-order valence-electron chi connectivity index (χ3n) is 3.38. The Morgan fingerprint density at radius 2 is 1.93 bits per heavy atom. The number of nitrogens with one attached hydrogen (secondary N) is 1. The van der Waals surface area contributed by atoms with Crippen LogP contribution >= 0.6 is 0 Å². The van der Waals surface area contributed by atoms with Gasteiger partial charge in [0.2, 0.25) is 0 Å². The summed E-state index contributed by atoms with van der Waals surface area (Å²) in [6.45, 7) is 5.41. The van der Waals surface area contributed by atoms with E-state index in [1.54, 1.807) is 26.4 Å². The fraction of sp³-hybridized carbons (Fsp3) is 0.667. The second-order valence-corrected chi connectivity index (χ2v) is 3.99. The summed E-state index contributed by atoms with van der Waals surface area (Å²) in [5.41, 5.74) is 2.89. The highest BCUT2D eigenvalue weighted by Gasteiger charge is 2.48. The number of carbonyl (C=O) groups excluding carboxylic acids is 1. The molecule has 0 aromatic rings. The van der Waals surface area contributed by atoms with Gasteiger partial charge in [0.1, 0.15) is 12.1 Å². The predicted molar refractivity (Wildman–Crippen MR) is 49.5 cm³/mol. The second-order valence-electron chi connectivity index (χ2n) is 3.99. The monoisotopic (exact) mass is 201 g/mol. The van der Waals surface area contributed by atoms with Crippen molar-refractivity contribution < 1.29 is 19.9 Å². The molecule has 3 atom stereocenters. The van der Waals surface area contributed by atoms with Crippen LogP contribution in [0.3, 0.4) is 0 Å². The molecule has 0 aliphatic carbocycles. The maximum Gasteiger partial charge on any atom is 0.276 e. The van der Waals surface area contributed by atoms with Crippen molar-refractivity contribution in [3.05, 3.63) is 11.1 Å². The van der Waals surface area contributed by atoms with Crippen molar-refractivity contribution in [1.29, 1.82) is 0 Å². The predicted octanol–water partition coefficient (Wildman–Crippen LogP) is 0.435. The molecule has 1 heterocycles. The number of quaternary nitrogens is 1. The van der Waals surface area contributed by atoms with Crippen LogP contribution in [0.15, 0.2) is 11.1 Å². The van der Waals surface area contributed by atoms with E-state index in [-0.39, 0.29) is 16.7 Å². The van der Waals surface area contributed by atoms with Crippen LogP contribution in [0.25, 0.3) is 0 Å². The SMILES string of the molecule is CC1=C(C(=O)NO)C(C)[N+](C)(O)C1C. The van der Waals surface area contributed by atoms with Crippen molar-refractivity contribution in [3.63, 3.8) is 0 Å². The summed E-state index contributed by atoms with van der Waals surface area (Å²) in [7, 11) is 1.65. The Bertz CT molecular complexity index is 296. The average Bonchev–Trinajstić information content (AvgIpc) is 2.28. The van der Waals surface area contributed by atoms with Gasteiger partial charge in [-0.15, -0.1) is 0 Å². The Balaban J connectivity index is 3.12. The zero-order valence-electron chi connectivity index (χ0n) is 8.90. The fourth-order valence-corrected chi connectivity index (χ4v) is 1.97. The van der Waals surface area contributed by atoms with Gasteiger partial charge in [0, 0.05) is 5.57 Å². The molecule has 5 nitrogen and oxygen atoms in total. The molecule has 14 heavy (non-hydrogen) atoms. The van der Waals surface area contributed by atoms with Crippen molar-refractivity contribution in [2.75, 3.05) is 7.05 Å². The molecular formula is C9H17N2O3+. The second kappa shape index (κ2) is 3.34. The van der Waals surface area contributed by atoms with Gasteiger partial charge in [0.15, 0.2) is 0 Å². The van der Waals surface area contributed by atoms with Crippen molar-refractivity contribution in [3.8, 4) is 0 Å². The molecule has 0 aromatic heterocycles. The van der Waals surface area contributed by atoms with Crippen molar-refractivity contribution in [2.45, 2.75) is 32.9 Å². The first-order chi connectivity index (χ1) is 6.34. The van der Waals surface area contributed by atoms with Crippen LogP contribution in [0.4, 0.5) is 0 Å². The zero-order chi connectivity index (χ0) is 11.1. The quantitative estimate of drug-likeness (QED) is 0.327. The van der Waals surface area contributed by atoms with E-state index < -0.39 is 5.91 Å². The molecule has 0 saturated carbocycles. The summed E-state index contributed by atoms with van der Waals surface area (Å²) in [4.78, 5) is 11.3. The minimum atomic E-state index is -0.530. The molecule has 0 bridgehead atoms. The first-order valence-corrected chi connectivity index (χ1v) is 4.57. The molecule has 0 saturated heterocycles. The molecule has 1 aliphatic heterocycles. The van der Waals surface area contributed by atoms with Crippen molar-refractivity contribution in [1.82, 2.24) is 5.48 Å². The lowest BCUT2D eigenvalue weighted by Crippen LogP contribution is -2.51. The number of hydroxylamine groups is 4. The first kappa shape index (κ1) is 11.2. The Morgan fingerprint density at radius 1 is 1.43 bits per heavy atom. The minimum Gasteiger partial charge on any atom is -0.288 e. The van der Waals surface area contributed by atoms with E-state index in [2.05, 4.69) is 0 Å². The molecule has 80 valence electrons. The lowest BCUT2D eigenvalue weighted by atomic mass is 10.0. The molecule has 0 fully saturated rings. The number of hydrogen-bond donors (Lipinski definition) is 3. The van der Waals surface area contributed by atoms with Crippen LogP contribution in [0, 0.1) is 0 Å². The summed E-state index contributed by atoms with van der Waals surface area (Å²) >= 11 is 0. The van der Waals surface area contributed by atoms with E-state index in [0.717, 1.165) is 5.57 Å². The number of amides is 1. The third-order valence-corrected chi connectivity index (χ3v) is 3.38. The Morgan fingerprint density at radius 3 is 2.21 bits per heavy atom. The molecule has 1 aliphatic rings. The van der Waals surface area contributed by atoms with E-state index in [1.165, 1.54) is 0 Å². The molecule has 3 N–H and O–H groups in total. The Kier molecular flexibility index (Phi) is 2.67. The van der Waals surface area contributed by atoms with Gasteiger partial charge < -0.3 is 0 Å². The number of likely N-dealkylation sites (N-methyl/N-ethyl adjacent to an activating group) is 1. The summed E-state index contributed by atoms with van der Waals surface area (Å²) in [5, 5.41) is 18.6. The normalized spacial score (nSPS) is 37.6. The van der Waals surface area contributed by atoms with Crippen LogP contribution in [0.5, 0.6) is 0 Å². The molecule has 1 rings (SSSR count). The van der Waals surface area contributed by atoms with Gasteiger partial charge in [0.05, 0.1) is 12.6 Å². The smallest absolute Gasteiger partial charge is 0.276 e. The Hall–Kier alpha value is -0.910. The maximum absolute atomic E-state index is 11.3. The number of nitrogens with zero attached hydrogens (tertiary/aromatic N) is 1. The highest BCUT2D eigenvalue weighted by molar-refractivity contribution is 5.94. The van der Waals surface area contributed by atoms with E-state index in [9.17, 15) is 10.0 Å². The van der Waals surface area contributed by atoms with Gasteiger partial charge in [-0.2, -0.15) is 4.65 Å². The molecule has 3 unspecified atom stereocenters. The first-order valence-electron chi connectivity index (χ1n) is 4.57. The fourth-order valence-electron chi connectivity index (χ4n) is 1.97. The molecule has 0 radical (unpaired) electrons. The van der Waals surface area contributed by atoms with Crippen molar-refractivity contribution in [2.24, 2.45) is 0 Å². The van der Waals surface area contributed by atoms with Crippen LogP contribution < -0.4 is 5.48 Å². The van der Waals surface area contributed by atoms with E-state index in [0.29, 0.717) is 5.57 Å². The van der Waals surface area contributed by atoms with Gasteiger partial charge in [-0.05, 0) is 20.8 Å². The highest BCUT2D eigenvalue weighted by atomic mass is 16.5. The molecule has 0 aromatic carbocycles. The third kappa shape index (κ3) is 1.33. The number of hydrogen-bond acceptors (Lipinski definition) is 3. The lowest BCUT2D eigenvalue weighted by Gasteiger charge is -2.30. The van der Waals surface area contributed by atoms with Crippen LogP contribution in [0.2, 0.25) is 0 Å². The minimum absolute atomic E-state index is 0.128. The molecular weight excluding hydrogens is 184 g/mol. The van der Waals surface area contributed by atoms with Gasteiger partial charge in [-0.3, -0.25) is 10.0 Å². The van der Waals surface area contributed by atoms with Gasteiger partial charge in [0.25, 0.3) is 5.91 Å². The zero-order valence-corrected chi connectivity index (χ0v) is 8.90. The van der Waals surface area contributed by atoms with Crippen LogP contribution in [0.1, 0.15) is 20.8 Å². The Labute approximate surface area is 83.1 Å². The van der Waals surface area contributed by atoms with Gasteiger partial charge in [-0.1, -0.05) is 0 Å². The van der Waals surface area contributed by atoms with Crippen molar-refractivity contribution >= 4 is 5.91 Å². The summed E-state index contributed by atoms with van der Waals surface area (Å²) < 4.78 is -0.241. The molecule has 5 heteroatoms. The molecule has 1 amide bonds. The van der Waals surface area contributed by atoms with Crippen LogP contribution in [-0.2, 0) is 4.79 Å². The lowest BCUT2D eigenvalue weighted by molar-refractivity contribution is -1.11. The van der Waals surface area contributed by atoms with Crippen LogP contribution in [-0.4, -0.2) is 40.1 Å². The topological polar surface area (TPSA) is 69.6 Å². The van der Waals surface area contributed by atoms with Gasteiger partial charge in [-0.25, -0.2) is 10.7 Å². The standard InChI is InChI=1S/C9H16N2O3/c1-5-6(2)11(4,14)7(3)8(5)9(12)10-13/h6-7,14H,1-4H3,(H-,10,12,13)/p+1. The molecule has 0 spiro atoms. The highest BCUT2D eigenvalue weighted by Crippen LogP contribution is 2.33. The summed E-state index contributed by atoms with van der Waals surface area (Å²) in [5.74, 6) is -0.530. The maximum atomic E-state index is 11.3. The summed E-state index contributed by atoms with van der Waals surface area (Å²) in [6.07, 6.45) is 0. The largest absolute Gasteiger partial charge is 0.288 e. The average molecular weight is 201 g/mol. The van der Waals surface area contributed by atoms with E-state index >= 15 is 0 Å². The van der Waals surface area contributed by atoms with Gasteiger partial charge >= 0.3 is 0 Å². The summed E-state index contributed by atoms with van der Waals surface area (Å²) in [6, 6.07) is -0.450. The number of carbonyl (C=O) groups is 1. The van der Waals surface area contributed by atoms with E-state index in [1.807, 2.05) is 6.92 Å². The van der Waals surface area contributed by atoms with E-state index in [4.69, 9.17) is 5.21 Å². The number of rotatable bonds is 1.